The predicted molar refractivity (Wildman–Crippen MR) is 79.4 cm³/mol. The number of hydrogen-bond acceptors (Lipinski definition) is 4. The van der Waals surface area contributed by atoms with Gasteiger partial charge in [-0.2, -0.15) is 5.10 Å². The molecule has 0 fully saturated rings. The highest BCUT2D eigenvalue weighted by molar-refractivity contribution is 7.80. The number of benzene rings is 1. The summed E-state index contributed by atoms with van der Waals surface area (Å²) >= 11 is 5.05. The van der Waals surface area contributed by atoms with Gasteiger partial charge in [-0.1, -0.05) is 12.2 Å². The smallest absolute Gasteiger partial charge is 0.120 e. The van der Waals surface area contributed by atoms with Crippen LogP contribution in [0.1, 0.15) is 11.3 Å². The molecule has 0 radical (unpaired) electrons. The van der Waals surface area contributed by atoms with E-state index in [1.54, 1.807) is 13.3 Å². The highest BCUT2D eigenvalue weighted by atomic mass is 32.1. The zero-order valence-electron chi connectivity index (χ0n) is 10.9. The second kappa shape index (κ2) is 5.71. The van der Waals surface area contributed by atoms with Crippen LogP contribution in [0.25, 0.3) is 0 Å². The fourth-order valence-corrected chi connectivity index (χ4v) is 1.95. The van der Waals surface area contributed by atoms with Crippen molar-refractivity contribution in [2.75, 3.05) is 12.4 Å². The van der Waals surface area contributed by atoms with Crippen molar-refractivity contribution in [3.05, 3.63) is 41.7 Å². The fourth-order valence-electron chi connectivity index (χ4n) is 1.77. The maximum Gasteiger partial charge on any atom is 0.120 e. The molecule has 0 spiro atoms. The Morgan fingerprint density at radius 1 is 1.47 bits per heavy atom. The minimum Gasteiger partial charge on any atom is -0.497 e. The van der Waals surface area contributed by atoms with Crippen molar-refractivity contribution in [1.82, 2.24) is 9.78 Å². The van der Waals surface area contributed by atoms with E-state index in [1.807, 2.05) is 36.0 Å². The van der Waals surface area contributed by atoms with E-state index in [4.69, 9.17) is 22.7 Å². The average molecular weight is 276 g/mol. The molecular formula is C13H16N4OS. The van der Waals surface area contributed by atoms with Crippen molar-refractivity contribution in [2.24, 2.45) is 12.8 Å². The minimum absolute atomic E-state index is 0.357. The molecule has 2 rings (SSSR count). The van der Waals surface area contributed by atoms with Gasteiger partial charge in [-0.15, -0.1) is 0 Å². The summed E-state index contributed by atoms with van der Waals surface area (Å²) in [5.41, 5.74) is 8.44. The van der Waals surface area contributed by atoms with E-state index in [0.29, 0.717) is 11.5 Å². The normalized spacial score (nSPS) is 10.2. The summed E-state index contributed by atoms with van der Waals surface area (Å²) in [4.78, 5) is 0.357. The summed E-state index contributed by atoms with van der Waals surface area (Å²) in [5, 5.41) is 7.43. The van der Waals surface area contributed by atoms with Gasteiger partial charge in [0.2, 0.25) is 0 Å². The maximum atomic E-state index is 5.72. The first-order valence-electron chi connectivity index (χ1n) is 5.80. The van der Waals surface area contributed by atoms with Crippen molar-refractivity contribution in [1.29, 1.82) is 0 Å². The highest BCUT2D eigenvalue weighted by Gasteiger charge is 2.07. The molecule has 0 saturated heterocycles. The monoisotopic (exact) mass is 276 g/mol. The molecule has 0 saturated carbocycles. The van der Waals surface area contributed by atoms with E-state index in [9.17, 15) is 0 Å². The van der Waals surface area contributed by atoms with Crippen molar-refractivity contribution in [2.45, 2.75) is 6.54 Å². The Morgan fingerprint density at radius 3 is 2.84 bits per heavy atom. The highest BCUT2D eigenvalue weighted by Crippen LogP contribution is 2.23. The molecule has 100 valence electrons. The van der Waals surface area contributed by atoms with Gasteiger partial charge >= 0.3 is 0 Å². The number of nitrogens with zero attached hydrogens (tertiary/aromatic N) is 2. The van der Waals surface area contributed by atoms with Crippen LogP contribution < -0.4 is 15.8 Å². The van der Waals surface area contributed by atoms with E-state index in [1.165, 1.54) is 0 Å². The van der Waals surface area contributed by atoms with Gasteiger partial charge in [0.25, 0.3) is 0 Å². The van der Waals surface area contributed by atoms with E-state index in [-0.39, 0.29) is 0 Å². The van der Waals surface area contributed by atoms with Crippen molar-refractivity contribution >= 4 is 22.9 Å². The molecule has 1 aromatic carbocycles. The van der Waals surface area contributed by atoms with E-state index < -0.39 is 0 Å². The molecule has 6 heteroatoms. The van der Waals surface area contributed by atoms with Crippen LogP contribution in [-0.2, 0) is 13.6 Å². The van der Waals surface area contributed by atoms with E-state index in [0.717, 1.165) is 22.7 Å². The van der Waals surface area contributed by atoms with Gasteiger partial charge in [0.05, 0.1) is 19.3 Å². The Labute approximate surface area is 117 Å². The van der Waals surface area contributed by atoms with Crippen LogP contribution in [0.3, 0.4) is 0 Å². The topological polar surface area (TPSA) is 65.1 Å². The van der Waals surface area contributed by atoms with Crippen LogP contribution in [0, 0.1) is 0 Å². The quantitative estimate of drug-likeness (QED) is 0.813. The fraction of sp³-hybridized carbons (Fsp3) is 0.231. The van der Waals surface area contributed by atoms with Gasteiger partial charge < -0.3 is 15.8 Å². The second-order valence-corrected chi connectivity index (χ2v) is 4.52. The molecule has 0 aliphatic heterocycles. The number of hydrogen-bond donors (Lipinski definition) is 2. The minimum atomic E-state index is 0.357. The third kappa shape index (κ3) is 3.03. The van der Waals surface area contributed by atoms with Gasteiger partial charge in [-0.05, 0) is 18.2 Å². The zero-order valence-corrected chi connectivity index (χ0v) is 11.7. The average Bonchev–Trinajstić information content (AvgIpc) is 2.81. The molecule has 0 aliphatic carbocycles. The zero-order chi connectivity index (χ0) is 13.8. The van der Waals surface area contributed by atoms with E-state index >= 15 is 0 Å². The van der Waals surface area contributed by atoms with Crippen LogP contribution in [-0.4, -0.2) is 21.9 Å². The lowest BCUT2D eigenvalue weighted by Gasteiger charge is -2.13. The summed E-state index contributed by atoms with van der Waals surface area (Å²) in [6, 6.07) is 7.52. The molecule has 0 atom stereocenters. The number of thiocarbonyl (C=S) groups is 1. The number of ether oxygens (including phenoxy) is 1. The first-order valence-corrected chi connectivity index (χ1v) is 6.21. The molecule has 5 nitrogen and oxygen atoms in total. The predicted octanol–water partition coefficient (Wildman–Crippen LogP) is 1.68. The molecule has 0 unspecified atom stereocenters. The van der Waals surface area contributed by atoms with Gasteiger partial charge in [-0.25, -0.2) is 0 Å². The first-order chi connectivity index (χ1) is 9.11. The Kier molecular flexibility index (Phi) is 4.01. The lowest BCUT2D eigenvalue weighted by Crippen LogP contribution is -2.14. The third-order valence-electron chi connectivity index (χ3n) is 2.87. The molecular weight excluding hydrogens is 260 g/mol. The van der Waals surface area contributed by atoms with Gasteiger partial charge in [-0.3, -0.25) is 4.68 Å². The molecule has 0 amide bonds. The van der Waals surface area contributed by atoms with Crippen molar-refractivity contribution in [3.63, 3.8) is 0 Å². The summed E-state index contributed by atoms with van der Waals surface area (Å²) in [6.07, 6.45) is 1.76. The number of anilines is 1. The van der Waals surface area contributed by atoms with Gasteiger partial charge in [0.15, 0.2) is 0 Å². The third-order valence-corrected chi connectivity index (χ3v) is 3.09. The summed E-state index contributed by atoms with van der Waals surface area (Å²) in [7, 11) is 3.53. The Balaban J connectivity index is 2.22. The standard InChI is InChI=1S/C13H16N4OS/c1-17-9(5-6-16-17)8-15-12-7-10(18-2)3-4-11(12)13(14)19/h3-7,15H,8H2,1-2H3,(H2,14,19). The van der Waals surface area contributed by atoms with Crippen molar-refractivity contribution < 1.29 is 4.74 Å². The lowest BCUT2D eigenvalue weighted by molar-refractivity contribution is 0.415. The number of methoxy groups -OCH3 is 1. The number of aryl methyl sites for hydroxylation is 1. The maximum absolute atomic E-state index is 5.72. The molecule has 0 aliphatic rings. The number of nitrogens with one attached hydrogen (secondary N) is 1. The molecule has 1 aromatic heterocycles. The largest absolute Gasteiger partial charge is 0.497 e. The molecule has 1 heterocycles. The summed E-state index contributed by atoms with van der Waals surface area (Å²) < 4.78 is 7.02. The summed E-state index contributed by atoms with van der Waals surface area (Å²) in [6.45, 7) is 0.638. The van der Waals surface area contributed by atoms with Crippen LogP contribution in [0.15, 0.2) is 30.5 Å². The number of aromatic nitrogens is 2. The molecule has 3 N–H and O–H groups in total. The summed E-state index contributed by atoms with van der Waals surface area (Å²) in [5.74, 6) is 0.757. The Hall–Kier alpha value is -2.08. The van der Waals surface area contributed by atoms with Crippen LogP contribution in [0.4, 0.5) is 5.69 Å². The molecule has 2 aromatic rings. The molecule has 0 bridgehead atoms. The van der Waals surface area contributed by atoms with Gasteiger partial charge in [0.1, 0.15) is 10.7 Å². The first kappa shape index (κ1) is 13.4. The number of nitrogens with two attached hydrogens (primary N) is 1. The van der Waals surface area contributed by atoms with Crippen LogP contribution >= 0.6 is 12.2 Å². The second-order valence-electron chi connectivity index (χ2n) is 4.08. The van der Waals surface area contributed by atoms with Crippen molar-refractivity contribution in [3.8, 4) is 5.75 Å². The molecule has 19 heavy (non-hydrogen) atoms. The SMILES string of the molecule is COc1ccc(C(N)=S)c(NCc2ccnn2C)c1. The van der Waals surface area contributed by atoms with Crippen LogP contribution in [0.5, 0.6) is 5.75 Å². The van der Waals surface area contributed by atoms with Crippen LogP contribution in [0.2, 0.25) is 0 Å². The lowest BCUT2D eigenvalue weighted by atomic mass is 10.1. The Morgan fingerprint density at radius 2 is 2.26 bits per heavy atom. The number of rotatable bonds is 5. The van der Waals surface area contributed by atoms with E-state index in [2.05, 4.69) is 10.4 Å². The Bertz CT molecular complexity index is 594. The van der Waals surface area contributed by atoms with Gasteiger partial charge in [0, 0.05) is 30.6 Å².